The molecule has 2 heteroatoms. The van der Waals surface area contributed by atoms with Crippen LogP contribution in [0, 0.1) is 0 Å². The Bertz CT molecular complexity index is 787. The molecular weight excluding hydrogens is 400 g/mol. The molecule has 2 aliphatic carbocycles. The monoisotopic (exact) mass is 447 g/mol. The van der Waals surface area contributed by atoms with Gasteiger partial charge in [-0.1, -0.05) is 70.1 Å². The summed E-state index contributed by atoms with van der Waals surface area (Å²) in [7, 11) is 0. The molecule has 1 unspecified atom stereocenters. The van der Waals surface area contributed by atoms with Gasteiger partial charge in [-0.25, -0.2) is 0 Å². The van der Waals surface area contributed by atoms with E-state index in [1.165, 1.54) is 120 Å². The van der Waals surface area contributed by atoms with Crippen molar-refractivity contribution in [1.29, 1.82) is 0 Å². The van der Waals surface area contributed by atoms with Crippen molar-refractivity contribution in [2.24, 2.45) is 0 Å². The highest BCUT2D eigenvalue weighted by molar-refractivity contribution is 5.62. The van der Waals surface area contributed by atoms with E-state index in [1.54, 1.807) is 0 Å². The zero-order chi connectivity index (χ0) is 22.8. The molecule has 0 aromatic heterocycles. The van der Waals surface area contributed by atoms with E-state index in [1.807, 2.05) is 0 Å². The van der Waals surface area contributed by atoms with Crippen LogP contribution in [-0.4, -0.2) is 18.6 Å². The molecule has 0 saturated heterocycles. The number of hydrogen-bond acceptors (Lipinski definition) is 1. The molecular formula is C31H47N2+. The predicted octanol–water partition coefficient (Wildman–Crippen LogP) is 9.37. The Morgan fingerprint density at radius 1 is 0.667 bits per heavy atom. The van der Waals surface area contributed by atoms with Crippen molar-refractivity contribution in [2.75, 3.05) is 11.9 Å². The summed E-state index contributed by atoms with van der Waals surface area (Å²) < 4.78 is 1.05. The van der Waals surface area contributed by atoms with Gasteiger partial charge in [0.1, 0.15) is 11.4 Å². The van der Waals surface area contributed by atoms with Gasteiger partial charge in [0, 0.05) is 36.7 Å². The molecule has 1 N–H and O–H groups in total. The van der Waals surface area contributed by atoms with Gasteiger partial charge < -0.3 is 5.32 Å². The van der Waals surface area contributed by atoms with Gasteiger partial charge in [-0.3, -0.25) is 4.48 Å². The molecule has 2 aromatic rings. The third kappa shape index (κ3) is 6.21. The van der Waals surface area contributed by atoms with Gasteiger partial charge in [0.25, 0.3) is 0 Å². The summed E-state index contributed by atoms with van der Waals surface area (Å²) in [4.78, 5) is 0. The Balaban J connectivity index is 1.62. The quantitative estimate of drug-likeness (QED) is 0.267. The second kappa shape index (κ2) is 12.6. The van der Waals surface area contributed by atoms with Gasteiger partial charge in [-0.15, -0.1) is 0 Å². The summed E-state index contributed by atoms with van der Waals surface area (Å²) in [5.41, 5.74) is 4.30. The first kappa shape index (κ1) is 24.3. The van der Waals surface area contributed by atoms with Crippen molar-refractivity contribution < 1.29 is 0 Å². The van der Waals surface area contributed by atoms with Crippen LogP contribution in [-0.2, 0) is 0 Å². The van der Waals surface area contributed by atoms with E-state index in [0.717, 1.165) is 4.48 Å². The molecule has 0 heterocycles. The van der Waals surface area contributed by atoms with Gasteiger partial charge >= 0.3 is 0 Å². The van der Waals surface area contributed by atoms with E-state index >= 15 is 0 Å². The molecule has 0 radical (unpaired) electrons. The number of unbranched alkanes of at least 4 members (excludes halogenated alkanes) is 4. The van der Waals surface area contributed by atoms with Crippen LogP contribution in [0.3, 0.4) is 0 Å². The minimum absolute atomic E-state index is 0.662. The number of rotatable bonds is 11. The van der Waals surface area contributed by atoms with Crippen molar-refractivity contribution in [3.8, 4) is 0 Å². The molecule has 2 aromatic carbocycles. The number of anilines is 1. The van der Waals surface area contributed by atoms with Crippen molar-refractivity contribution in [2.45, 2.75) is 115 Å². The Hall–Kier alpha value is -1.80. The SMILES string of the molecule is CCCCCCC[N+](c1ccccc1)(c1ccc(NC2CCCCC2)cc1)C1CCCCC1. The van der Waals surface area contributed by atoms with Crippen LogP contribution in [0.4, 0.5) is 17.1 Å². The van der Waals surface area contributed by atoms with E-state index < -0.39 is 0 Å². The second-order valence-corrected chi connectivity index (χ2v) is 10.7. The first-order valence-electron chi connectivity index (χ1n) is 14.1. The minimum Gasteiger partial charge on any atom is -0.382 e. The number of nitrogens with zero attached hydrogens (tertiary/aromatic N) is 1. The molecule has 2 saturated carbocycles. The van der Waals surface area contributed by atoms with Crippen LogP contribution in [0.2, 0.25) is 0 Å². The third-order valence-corrected chi connectivity index (χ3v) is 8.33. The molecule has 0 bridgehead atoms. The van der Waals surface area contributed by atoms with Gasteiger partial charge in [0.2, 0.25) is 0 Å². The summed E-state index contributed by atoms with van der Waals surface area (Å²) >= 11 is 0. The summed E-state index contributed by atoms with van der Waals surface area (Å²) in [6, 6.07) is 22.5. The Morgan fingerprint density at radius 3 is 1.94 bits per heavy atom. The minimum atomic E-state index is 0.662. The molecule has 1 atom stereocenters. The normalized spacial score (nSPS) is 19.8. The average molecular weight is 448 g/mol. The maximum absolute atomic E-state index is 3.84. The van der Waals surface area contributed by atoms with Crippen LogP contribution in [0.25, 0.3) is 0 Å². The number of benzene rings is 2. The van der Waals surface area contributed by atoms with E-state index in [-0.39, 0.29) is 0 Å². The zero-order valence-electron chi connectivity index (χ0n) is 21.1. The average Bonchev–Trinajstić information content (AvgIpc) is 2.89. The second-order valence-electron chi connectivity index (χ2n) is 10.7. The van der Waals surface area contributed by atoms with Crippen molar-refractivity contribution in [1.82, 2.24) is 4.48 Å². The summed E-state index contributed by atoms with van der Waals surface area (Å²) in [6.45, 7) is 3.54. The smallest absolute Gasteiger partial charge is 0.138 e. The van der Waals surface area contributed by atoms with Gasteiger partial charge in [0.15, 0.2) is 0 Å². The molecule has 180 valence electrons. The Labute approximate surface area is 203 Å². The highest BCUT2D eigenvalue weighted by Gasteiger charge is 2.41. The molecule has 2 aliphatic rings. The first-order valence-corrected chi connectivity index (χ1v) is 14.1. The molecule has 4 rings (SSSR count). The van der Waals surface area contributed by atoms with Crippen LogP contribution in [0.15, 0.2) is 54.6 Å². The number of para-hydroxylation sites is 1. The summed E-state index contributed by atoms with van der Waals surface area (Å²) in [5, 5.41) is 3.84. The topological polar surface area (TPSA) is 12.0 Å². The maximum Gasteiger partial charge on any atom is 0.138 e. The number of hydrogen-bond donors (Lipinski definition) is 1. The van der Waals surface area contributed by atoms with Gasteiger partial charge in [0.05, 0.1) is 12.6 Å². The van der Waals surface area contributed by atoms with Crippen LogP contribution < -0.4 is 9.80 Å². The lowest BCUT2D eigenvalue weighted by Gasteiger charge is -2.46. The lowest BCUT2D eigenvalue weighted by Crippen LogP contribution is -2.54. The molecule has 0 aliphatic heterocycles. The van der Waals surface area contributed by atoms with E-state index in [0.29, 0.717) is 12.1 Å². The fourth-order valence-corrected chi connectivity index (χ4v) is 6.50. The van der Waals surface area contributed by atoms with Crippen molar-refractivity contribution >= 4 is 17.1 Å². The van der Waals surface area contributed by atoms with Crippen molar-refractivity contribution in [3.05, 3.63) is 54.6 Å². The molecule has 2 fully saturated rings. The number of nitrogens with one attached hydrogen (secondary N) is 1. The Kier molecular flexibility index (Phi) is 9.29. The van der Waals surface area contributed by atoms with E-state index in [9.17, 15) is 0 Å². The molecule has 0 amide bonds. The molecule has 0 spiro atoms. The first-order chi connectivity index (χ1) is 16.3. The van der Waals surface area contributed by atoms with Crippen LogP contribution in [0.1, 0.15) is 103 Å². The summed E-state index contributed by atoms with van der Waals surface area (Å²) in [5.74, 6) is 0. The van der Waals surface area contributed by atoms with Gasteiger partial charge in [-0.2, -0.15) is 0 Å². The molecule has 2 nitrogen and oxygen atoms in total. The van der Waals surface area contributed by atoms with E-state index in [4.69, 9.17) is 0 Å². The zero-order valence-corrected chi connectivity index (χ0v) is 21.1. The maximum atomic E-state index is 3.84. The number of quaternary nitrogens is 1. The standard InChI is InChI=1S/C31H47N2/c1-2-3-4-5-15-26-33(29-18-11-7-12-19-29,30-20-13-8-14-21-30)31-24-22-28(23-25-31)32-27-16-9-6-10-17-27/h7,11-12,18-19,22-25,27,30,32H,2-6,8-10,13-17,20-21,26H2,1H3/q+1. The third-order valence-electron chi connectivity index (χ3n) is 8.33. The fraction of sp³-hybridized carbons (Fsp3) is 0.613. The van der Waals surface area contributed by atoms with Crippen LogP contribution >= 0.6 is 0 Å². The predicted molar refractivity (Wildman–Crippen MR) is 145 cm³/mol. The van der Waals surface area contributed by atoms with E-state index in [2.05, 4.69) is 66.8 Å². The Morgan fingerprint density at radius 2 is 1.27 bits per heavy atom. The van der Waals surface area contributed by atoms with Gasteiger partial charge in [-0.05, 0) is 62.8 Å². The summed E-state index contributed by atoms with van der Waals surface area (Å²) in [6.07, 6.45) is 20.4. The fourth-order valence-electron chi connectivity index (χ4n) is 6.50. The lowest BCUT2D eigenvalue weighted by atomic mass is 9.90. The highest BCUT2D eigenvalue weighted by Crippen LogP contribution is 2.43. The van der Waals surface area contributed by atoms with Crippen LogP contribution in [0.5, 0.6) is 0 Å². The molecule has 33 heavy (non-hydrogen) atoms. The lowest BCUT2D eigenvalue weighted by molar-refractivity contribution is 0.222. The highest BCUT2D eigenvalue weighted by atomic mass is 15.4. The largest absolute Gasteiger partial charge is 0.382 e. The van der Waals surface area contributed by atoms with Crippen molar-refractivity contribution in [3.63, 3.8) is 0 Å².